The first kappa shape index (κ1) is 24.6. The zero-order valence-electron chi connectivity index (χ0n) is 20.1. The minimum atomic E-state index is -0.567. The second kappa shape index (κ2) is 10.8. The number of nitrogens with one attached hydrogen (secondary N) is 3. The van der Waals surface area contributed by atoms with Crippen molar-refractivity contribution in [3.05, 3.63) is 69.8 Å². The molecule has 5 N–H and O–H groups in total. The number of hydrazone groups is 1. The van der Waals surface area contributed by atoms with Crippen molar-refractivity contribution >= 4 is 24.4 Å². The number of hydrogen-bond acceptors (Lipinski definition) is 5. The number of nitrogens with two attached hydrogens (primary N) is 1. The first-order chi connectivity index (χ1) is 17.0. The molecule has 0 unspecified atom stereocenters. The van der Waals surface area contributed by atoms with Gasteiger partial charge in [0.05, 0.1) is 17.5 Å². The minimum absolute atomic E-state index is 0.0793. The molecule has 0 fully saturated rings. The lowest BCUT2D eigenvalue weighted by Gasteiger charge is -2.37. The summed E-state index contributed by atoms with van der Waals surface area (Å²) in [5.74, 6) is -0.0995. The van der Waals surface area contributed by atoms with E-state index < -0.39 is 5.41 Å². The van der Waals surface area contributed by atoms with Crippen LogP contribution in [0, 0.1) is 0 Å². The van der Waals surface area contributed by atoms with Crippen molar-refractivity contribution < 1.29 is 14.4 Å². The third-order valence-corrected chi connectivity index (χ3v) is 7.05. The second-order valence-electron chi connectivity index (χ2n) is 9.53. The monoisotopic (exact) mass is 475 g/mol. The fourth-order valence-corrected chi connectivity index (χ4v) is 5.51. The summed E-state index contributed by atoms with van der Waals surface area (Å²) in [5.41, 5.74) is 15.8. The number of fused-ring (bicyclic) bond motifs is 2. The van der Waals surface area contributed by atoms with E-state index in [1.165, 1.54) is 11.1 Å². The minimum Gasteiger partial charge on any atom is -0.355 e. The van der Waals surface area contributed by atoms with Crippen LogP contribution in [0.2, 0.25) is 0 Å². The SMILES string of the molecule is C[C@H](N)CCCC1(C2=NNC(=O)C2)c2ccc(CNC=O)cc2CCc2cc(CNC=O)ccc21. The molecule has 0 radical (unpaired) electrons. The smallest absolute Gasteiger partial charge is 0.245 e. The summed E-state index contributed by atoms with van der Waals surface area (Å²) >= 11 is 0. The molecule has 4 rings (SSSR count). The lowest BCUT2D eigenvalue weighted by Crippen LogP contribution is -2.38. The molecular formula is C27H33N5O3. The van der Waals surface area contributed by atoms with Crippen LogP contribution in [-0.4, -0.2) is 30.5 Å². The summed E-state index contributed by atoms with van der Waals surface area (Å²) < 4.78 is 0. The number of benzene rings is 2. The number of hydrogen-bond donors (Lipinski definition) is 4. The Kier molecular flexibility index (Phi) is 7.60. The van der Waals surface area contributed by atoms with Gasteiger partial charge in [-0.05, 0) is 66.0 Å². The zero-order chi connectivity index (χ0) is 24.8. The average molecular weight is 476 g/mol. The van der Waals surface area contributed by atoms with Gasteiger partial charge in [0.15, 0.2) is 0 Å². The molecule has 0 saturated heterocycles. The van der Waals surface area contributed by atoms with Gasteiger partial charge in [0, 0.05) is 19.1 Å². The maximum Gasteiger partial charge on any atom is 0.245 e. The van der Waals surface area contributed by atoms with Crippen LogP contribution in [0.4, 0.5) is 0 Å². The summed E-state index contributed by atoms with van der Waals surface area (Å²) in [6.45, 7) is 2.94. The third kappa shape index (κ3) is 5.12. The summed E-state index contributed by atoms with van der Waals surface area (Å²) in [4.78, 5) is 34.1. The van der Waals surface area contributed by atoms with Crippen molar-refractivity contribution in [1.29, 1.82) is 0 Å². The molecule has 2 aromatic rings. The van der Waals surface area contributed by atoms with Crippen LogP contribution >= 0.6 is 0 Å². The van der Waals surface area contributed by atoms with Gasteiger partial charge in [-0.25, -0.2) is 5.43 Å². The standard InChI is InChI=1S/C27H33N5O3/c1-18(28)3-2-10-27(25-13-26(35)32-31-25)23-8-4-19(14-29-16-33)11-21(23)6-7-22-12-20(15-30-17-34)5-9-24(22)27/h4-5,8-9,11-12,16-18H,2-3,6-7,10,13-15,28H2,1H3,(H,29,33)(H,30,34)(H,32,35)/t18-/m0/s1. The summed E-state index contributed by atoms with van der Waals surface area (Å²) in [7, 11) is 0. The molecule has 0 saturated carbocycles. The summed E-state index contributed by atoms with van der Waals surface area (Å²) in [5, 5.41) is 10.1. The third-order valence-electron chi connectivity index (χ3n) is 7.05. The highest BCUT2D eigenvalue weighted by atomic mass is 16.2. The molecule has 8 nitrogen and oxygen atoms in total. The van der Waals surface area contributed by atoms with E-state index in [-0.39, 0.29) is 18.4 Å². The van der Waals surface area contributed by atoms with Crippen molar-refractivity contribution in [3.8, 4) is 0 Å². The Morgan fingerprint density at radius 1 is 1.03 bits per heavy atom. The van der Waals surface area contributed by atoms with E-state index in [1.54, 1.807) is 0 Å². The Morgan fingerprint density at radius 2 is 1.60 bits per heavy atom. The van der Waals surface area contributed by atoms with E-state index >= 15 is 0 Å². The second-order valence-corrected chi connectivity index (χ2v) is 9.53. The summed E-state index contributed by atoms with van der Waals surface area (Å²) in [6.07, 6.45) is 5.84. The largest absolute Gasteiger partial charge is 0.355 e. The van der Waals surface area contributed by atoms with Gasteiger partial charge in [0.1, 0.15) is 0 Å². The highest BCUT2D eigenvalue weighted by Crippen LogP contribution is 2.46. The maximum absolute atomic E-state index is 12.3. The first-order valence-corrected chi connectivity index (χ1v) is 12.2. The Hall–Kier alpha value is -3.52. The number of aryl methyl sites for hydroxylation is 2. The lowest BCUT2D eigenvalue weighted by atomic mass is 9.65. The fraction of sp³-hybridized carbons (Fsp3) is 0.407. The van der Waals surface area contributed by atoms with Crippen LogP contribution in [0.1, 0.15) is 66.0 Å². The molecule has 1 aliphatic heterocycles. The van der Waals surface area contributed by atoms with Crippen LogP contribution in [0.25, 0.3) is 0 Å². The van der Waals surface area contributed by atoms with Gasteiger partial charge in [0.25, 0.3) is 0 Å². The van der Waals surface area contributed by atoms with Gasteiger partial charge < -0.3 is 16.4 Å². The molecular weight excluding hydrogens is 442 g/mol. The molecule has 3 amide bonds. The van der Waals surface area contributed by atoms with Gasteiger partial charge in [-0.3, -0.25) is 14.4 Å². The summed E-state index contributed by atoms with van der Waals surface area (Å²) in [6, 6.07) is 12.8. The molecule has 0 spiro atoms. The van der Waals surface area contributed by atoms with Gasteiger partial charge >= 0.3 is 0 Å². The van der Waals surface area contributed by atoms with Crippen LogP contribution < -0.4 is 21.8 Å². The molecule has 0 aromatic heterocycles. The van der Waals surface area contributed by atoms with Crippen LogP contribution in [0.15, 0.2) is 41.5 Å². The van der Waals surface area contributed by atoms with Crippen LogP contribution in [-0.2, 0) is 45.7 Å². The molecule has 0 bridgehead atoms. The van der Waals surface area contributed by atoms with Gasteiger partial charge in [-0.1, -0.05) is 42.8 Å². The topological polar surface area (TPSA) is 126 Å². The van der Waals surface area contributed by atoms with Crippen molar-refractivity contribution in [1.82, 2.24) is 16.1 Å². The molecule has 2 aliphatic rings. The molecule has 2 aromatic carbocycles. The van der Waals surface area contributed by atoms with E-state index in [0.29, 0.717) is 25.9 Å². The Labute approximate surface area is 205 Å². The maximum atomic E-state index is 12.3. The van der Waals surface area contributed by atoms with Crippen molar-refractivity contribution in [2.75, 3.05) is 0 Å². The van der Waals surface area contributed by atoms with Crippen molar-refractivity contribution in [3.63, 3.8) is 0 Å². The number of carbonyl (C=O) groups excluding carboxylic acids is 3. The molecule has 1 heterocycles. The predicted octanol–water partition coefficient (Wildman–Crippen LogP) is 1.96. The number of amides is 3. The Bertz CT molecular complexity index is 1080. The normalized spacial score (nSPS) is 16.7. The lowest BCUT2D eigenvalue weighted by molar-refractivity contribution is -0.119. The van der Waals surface area contributed by atoms with E-state index in [1.807, 2.05) is 19.1 Å². The molecule has 184 valence electrons. The number of nitrogens with zero attached hydrogens (tertiary/aromatic N) is 1. The quantitative estimate of drug-likeness (QED) is 0.371. The van der Waals surface area contributed by atoms with E-state index in [2.05, 4.69) is 45.4 Å². The van der Waals surface area contributed by atoms with Crippen LogP contribution in [0.3, 0.4) is 0 Å². The predicted molar refractivity (Wildman–Crippen MR) is 135 cm³/mol. The number of rotatable bonds is 11. The molecule has 8 heteroatoms. The fourth-order valence-electron chi connectivity index (χ4n) is 5.51. The van der Waals surface area contributed by atoms with Gasteiger partial charge in [-0.2, -0.15) is 5.10 Å². The van der Waals surface area contributed by atoms with Gasteiger partial charge in [0.2, 0.25) is 18.7 Å². The van der Waals surface area contributed by atoms with Crippen LogP contribution in [0.5, 0.6) is 0 Å². The number of carbonyl (C=O) groups is 3. The molecule has 1 aliphatic carbocycles. The Balaban J connectivity index is 1.89. The van der Waals surface area contributed by atoms with E-state index in [0.717, 1.165) is 60.1 Å². The Morgan fingerprint density at radius 3 is 2.06 bits per heavy atom. The molecule has 1 atom stereocenters. The van der Waals surface area contributed by atoms with E-state index in [4.69, 9.17) is 5.73 Å². The highest BCUT2D eigenvalue weighted by Gasteiger charge is 2.45. The van der Waals surface area contributed by atoms with Crippen molar-refractivity contribution in [2.45, 2.75) is 70.0 Å². The molecule has 35 heavy (non-hydrogen) atoms. The first-order valence-electron chi connectivity index (χ1n) is 12.2. The average Bonchev–Trinajstić information content (AvgIpc) is 3.24. The van der Waals surface area contributed by atoms with Gasteiger partial charge in [-0.15, -0.1) is 0 Å². The zero-order valence-corrected chi connectivity index (χ0v) is 20.1. The van der Waals surface area contributed by atoms with E-state index in [9.17, 15) is 14.4 Å². The van der Waals surface area contributed by atoms with Crippen molar-refractivity contribution in [2.24, 2.45) is 10.8 Å². The highest BCUT2D eigenvalue weighted by molar-refractivity contribution is 6.12.